The molecule has 0 radical (unpaired) electrons. The van der Waals surface area contributed by atoms with Gasteiger partial charge < -0.3 is 14.5 Å². The van der Waals surface area contributed by atoms with Crippen LogP contribution in [0.5, 0.6) is 0 Å². The van der Waals surface area contributed by atoms with Crippen LogP contribution >= 0.6 is 15.9 Å². The number of aromatic nitrogens is 3. The molecule has 3 heterocycles. The smallest absolute Gasteiger partial charge is 0.180 e. The predicted molar refractivity (Wildman–Crippen MR) is 72.7 cm³/mol. The van der Waals surface area contributed by atoms with Gasteiger partial charge in [-0.25, -0.2) is 9.97 Å². The molecule has 0 atom stereocenters. The van der Waals surface area contributed by atoms with Gasteiger partial charge in [-0.1, -0.05) is 0 Å². The Morgan fingerprint density at radius 3 is 3.11 bits per heavy atom. The molecule has 0 spiro atoms. The number of halogens is 1. The minimum Gasteiger partial charge on any atom is -0.381 e. The van der Waals surface area contributed by atoms with Gasteiger partial charge in [0.05, 0.1) is 0 Å². The van der Waals surface area contributed by atoms with Crippen LogP contribution in [0.4, 0.5) is 5.82 Å². The number of fused-ring (bicyclic) bond motifs is 1. The van der Waals surface area contributed by atoms with Crippen LogP contribution in [0.2, 0.25) is 0 Å². The molecule has 2 aromatic rings. The first-order valence-electron chi connectivity index (χ1n) is 6.14. The largest absolute Gasteiger partial charge is 0.381 e. The highest BCUT2D eigenvalue weighted by Gasteiger charge is 2.14. The molecule has 18 heavy (non-hydrogen) atoms. The van der Waals surface area contributed by atoms with Crippen molar-refractivity contribution in [3.8, 4) is 0 Å². The molecule has 1 N–H and O–H groups in total. The van der Waals surface area contributed by atoms with Crippen LogP contribution in [0.25, 0.3) is 5.65 Å². The third-order valence-electron chi connectivity index (χ3n) is 3.24. The highest BCUT2D eigenvalue weighted by molar-refractivity contribution is 9.10. The van der Waals surface area contributed by atoms with E-state index in [2.05, 4.69) is 31.2 Å². The van der Waals surface area contributed by atoms with E-state index in [4.69, 9.17) is 4.74 Å². The Kier molecular flexibility index (Phi) is 3.47. The van der Waals surface area contributed by atoms with Gasteiger partial charge >= 0.3 is 0 Å². The molecule has 3 rings (SSSR count). The molecule has 0 saturated carbocycles. The second-order valence-corrected chi connectivity index (χ2v) is 5.32. The number of imidazole rings is 1. The van der Waals surface area contributed by atoms with Crippen molar-refractivity contribution in [3.63, 3.8) is 0 Å². The lowest BCUT2D eigenvalue weighted by Crippen LogP contribution is -2.23. The summed E-state index contributed by atoms with van der Waals surface area (Å²) >= 11 is 3.41. The highest BCUT2D eigenvalue weighted by atomic mass is 79.9. The van der Waals surface area contributed by atoms with E-state index in [-0.39, 0.29) is 0 Å². The number of nitrogens with one attached hydrogen (secondary N) is 1. The number of anilines is 1. The Labute approximate surface area is 114 Å². The van der Waals surface area contributed by atoms with Gasteiger partial charge in [-0.3, -0.25) is 0 Å². The molecule has 2 aromatic heterocycles. The maximum atomic E-state index is 5.36. The maximum absolute atomic E-state index is 5.36. The number of nitrogens with zero attached hydrogens (tertiary/aromatic N) is 3. The second kappa shape index (κ2) is 5.24. The highest BCUT2D eigenvalue weighted by Crippen LogP contribution is 2.19. The molecule has 6 heteroatoms. The number of hydrogen-bond donors (Lipinski definition) is 1. The molecular formula is C12H15BrN4O. The summed E-state index contributed by atoms with van der Waals surface area (Å²) in [6.45, 7) is 2.67. The quantitative estimate of drug-likeness (QED) is 0.945. The van der Waals surface area contributed by atoms with Gasteiger partial charge in [0.15, 0.2) is 11.5 Å². The molecule has 1 aliphatic heterocycles. The average molecular weight is 311 g/mol. The van der Waals surface area contributed by atoms with Crippen molar-refractivity contribution < 1.29 is 4.74 Å². The summed E-state index contributed by atoms with van der Waals surface area (Å²) in [5.41, 5.74) is 0.866. The Bertz CT molecular complexity index is 536. The van der Waals surface area contributed by atoms with Crippen molar-refractivity contribution in [3.05, 3.63) is 23.2 Å². The van der Waals surface area contributed by atoms with Crippen LogP contribution in [0.1, 0.15) is 12.8 Å². The maximum Gasteiger partial charge on any atom is 0.180 e. The van der Waals surface area contributed by atoms with Gasteiger partial charge in [0, 0.05) is 38.3 Å². The molecular weight excluding hydrogens is 296 g/mol. The van der Waals surface area contributed by atoms with E-state index in [0.717, 1.165) is 48.7 Å². The number of hydrogen-bond acceptors (Lipinski definition) is 4. The van der Waals surface area contributed by atoms with E-state index in [1.165, 1.54) is 0 Å². The first kappa shape index (κ1) is 11.9. The molecule has 0 aromatic carbocycles. The van der Waals surface area contributed by atoms with Crippen molar-refractivity contribution in [2.24, 2.45) is 5.92 Å². The van der Waals surface area contributed by atoms with E-state index < -0.39 is 0 Å². The minimum atomic E-state index is 0.662. The normalized spacial score (nSPS) is 17.2. The van der Waals surface area contributed by atoms with Gasteiger partial charge in [-0.05, 0) is 34.7 Å². The van der Waals surface area contributed by atoms with Crippen molar-refractivity contribution >= 4 is 27.4 Å². The Morgan fingerprint density at radius 2 is 2.28 bits per heavy atom. The Balaban J connectivity index is 1.75. The zero-order chi connectivity index (χ0) is 12.4. The standard InChI is InChI=1S/C12H15BrN4O/c13-10-8-17-4-3-14-12(17)11(16-10)15-7-9-1-5-18-6-2-9/h3-4,8-9H,1-2,5-7H2,(H,15,16). The fourth-order valence-corrected chi connectivity index (χ4v) is 2.61. The lowest BCUT2D eigenvalue weighted by atomic mass is 10.0. The predicted octanol–water partition coefficient (Wildman–Crippen LogP) is 2.33. The fourth-order valence-electron chi connectivity index (χ4n) is 2.21. The van der Waals surface area contributed by atoms with E-state index in [0.29, 0.717) is 5.92 Å². The van der Waals surface area contributed by atoms with Crippen LogP contribution in [0.15, 0.2) is 23.2 Å². The molecule has 0 aliphatic carbocycles. The van der Waals surface area contributed by atoms with Crippen molar-refractivity contribution in [2.75, 3.05) is 25.1 Å². The molecule has 1 aliphatic rings. The van der Waals surface area contributed by atoms with Gasteiger partial charge in [0.1, 0.15) is 4.60 Å². The topological polar surface area (TPSA) is 51.5 Å². The summed E-state index contributed by atoms with van der Waals surface area (Å²) in [6, 6.07) is 0. The third-order valence-corrected chi connectivity index (χ3v) is 3.63. The van der Waals surface area contributed by atoms with E-state index in [9.17, 15) is 0 Å². The third kappa shape index (κ3) is 2.49. The van der Waals surface area contributed by atoms with E-state index in [1.54, 1.807) is 6.20 Å². The number of ether oxygens (including phenoxy) is 1. The molecule has 0 unspecified atom stereocenters. The summed E-state index contributed by atoms with van der Waals surface area (Å²) in [4.78, 5) is 8.76. The monoisotopic (exact) mass is 310 g/mol. The van der Waals surface area contributed by atoms with Crippen LogP contribution in [0, 0.1) is 5.92 Å². The first-order valence-corrected chi connectivity index (χ1v) is 6.93. The first-order chi connectivity index (χ1) is 8.83. The van der Waals surface area contributed by atoms with Gasteiger partial charge in [0.2, 0.25) is 0 Å². The van der Waals surface area contributed by atoms with Crippen LogP contribution < -0.4 is 5.32 Å². The zero-order valence-corrected chi connectivity index (χ0v) is 11.6. The van der Waals surface area contributed by atoms with Crippen LogP contribution in [-0.4, -0.2) is 34.1 Å². The summed E-state index contributed by atoms with van der Waals surface area (Å²) in [5, 5.41) is 3.40. The molecule has 1 fully saturated rings. The summed E-state index contributed by atoms with van der Waals surface area (Å²) in [7, 11) is 0. The van der Waals surface area contributed by atoms with Crippen molar-refractivity contribution in [2.45, 2.75) is 12.8 Å². The lowest BCUT2D eigenvalue weighted by Gasteiger charge is -2.22. The zero-order valence-electron chi connectivity index (χ0n) is 9.97. The summed E-state index contributed by atoms with van der Waals surface area (Å²) in [6.07, 6.45) is 7.84. The van der Waals surface area contributed by atoms with Crippen LogP contribution in [0.3, 0.4) is 0 Å². The molecule has 1 saturated heterocycles. The average Bonchev–Trinajstić information content (AvgIpc) is 2.85. The SMILES string of the molecule is Brc1cn2ccnc2c(NCC2CCOCC2)n1. The van der Waals surface area contributed by atoms with Gasteiger partial charge in [0.25, 0.3) is 0 Å². The second-order valence-electron chi connectivity index (χ2n) is 4.51. The number of rotatable bonds is 3. The molecule has 96 valence electrons. The Morgan fingerprint density at radius 1 is 1.44 bits per heavy atom. The van der Waals surface area contributed by atoms with Crippen molar-refractivity contribution in [1.29, 1.82) is 0 Å². The summed E-state index contributed by atoms with van der Waals surface area (Å²) in [5.74, 6) is 1.50. The van der Waals surface area contributed by atoms with Crippen LogP contribution in [-0.2, 0) is 4.74 Å². The fraction of sp³-hybridized carbons (Fsp3) is 0.500. The van der Waals surface area contributed by atoms with Gasteiger partial charge in [-0.15, -0.1) is 0 Å². The molecule has 0 amide bonds. The molecule has 0 bridgehead atoms. The Hall–Kier alpha value is -1.14. The van der Waals surface area contributed by atoms with Crippen molar-refractivity contribution in [1.82, 2.24) is 14.4 Å². The lowest BCUT2D eigenvalue weighted by molar-refractivity contribution is 0.0699. The minimum absolute atomic E-state index is 0.662. The van der Waals surface area contributed by atoms with E-state index >= 15 is 0 Å². The summed E-state index contributed by atoms with van der Waals surface area (Å²) < 4.78 is 8.13. The van der Waals surface area contributed by atoms with Gasteiger partial charge in [-0.2, -0.15) is 0 Å². The molecule has 5 nitrogen and oxygen atoms in total. The van der Waals surface area contributed by atoms with E-state index in [1.807, 2.05) is 16.8 Å².